The van der Waals surface area contributed by atoms with Crippen molar-refractivity contribution >= 4 is 34.9 Å². The molecule has 3 heterocycles. The number of hydrogen-bond acceptors (Lipinski definition) is 5. The monoisotopic (exact) mass is 394 g/mol. The Morgan fingerprint density at radius 2 is 1.89 bits per heavy atom. The van der Waals surface area contributed by atoms with E-state index in [1.54, 1.807) is 29.2 Å². The summed E-state index contributed by atoms with van der Waals surface area (Å²) in [5.41, 5.74) is 1.85. The molecule has 7 nitrogen and oxygen atoms in total. The standard InChI is InChI=1S/C20H18N4O3S/c1-13(25)24-17-12-23(18(26)10-15-8-5-9-28-15)11-16(17)19(22-24)21-20(27)14-6-3-2-4-7-14/h2-9H,10-12H2,1H3,(H,21,22,27). The van der Waals surface area contributed by atoms with E-state index in [0.29, 0.717) is 42.1 Å². The topological polar surface area (TPSA) is 84.3 Å². The highest BCUT2D eigenvalue weighted by molar-refractivity contribution is 7.10. The van der Waals surface area contributed by atoms with E-state index in [0.717, 1.165) is 4.88 Å². The largest absolute Gasteiger partial charge is 0.332 e. The lowest BCUT2D eigenvalue weighted by Gasteiger charge is -2.16. The van der Waals surface area contributed by atoms with Gasteiger partial charge < -0.3 is 10.2 Å². The predicted molar refractivity (Wildman–Crippen MR) is 105 cm³/mol. The zero-order chi connectivity index (χ0) is 19.7. The molecular weight excluding hydrogens is 376 g/mol. The summed E-state index contributed by atoms with van der Waals surface area (Å²) in [5.74, 6) is -0.261. The van der Waals surface area contributed by atoms with Crippen molar-refractivity contribution in [1.29, 1.82) is 0 Å². The van der Waals surface area contributed by atoms with E-state index in [1.807, 2.05) is 23.6 Å². The lowest BCUT2D eigenvalue weighted by atomic mass is 10.2. The van der Waals surface area contributed by atoms with Crippen molar-refractivity contribution in [3.63, 3.8) is 0 Å². The summed E-state index contributed by atoms with van der Waals surface area (Å²) in [6.07, 6.45) is 0.321. The fourth-order valence-corrected chi connectivity index (χ4v) is 3.92. The molecule has 3 aromatic rings. The Bertz CT molecular complexity index is 1040. The molecule has 0 bridgehead atoms. The average Bonchev–Trinajstić information content (AvgIpc) is 3.40. The number of nitrogens with zero attached hydrogens (tertiary/aromatic N) is 3. The molecule has 0 saturated heterocycles. The number of carbonyl (C=O) groups is 3. The summed E-state index contributed by atoms with van der Waals surface area (Å²) in [5, 5.41) is 8.98. The highest BCUT2D eigenvalue weighted by Crippen LogP contribution is 2.30. The molecule has 0 unspecified atom stereocenters. The van der Waals surface area contributed by atoms with Gasteiger partial charge in [0.15, 0.2) is 5.82 Å². The van der Waals surface area contributed by atoms with E-state index in [1.165, 1.54) is 22.9 Å². The number of rotatable bonds is 4. The van der Waals surface area contributed by atoms with Gasteiger partial charge >= 0.3 is 0 Å². The normalized spacial score (nSPS) is 12.7. The molecule has 2 aromatic heterocycles. The van der Waals surface area contributed by atoms with Crippen molar-refractivity contribution in [2.75, 3.05) is 5.32 Å². The van der Waals surface area contributed by atoms with Gasteiger partial charge in [-0.3, -0.25) is 14.4 Å². The first kappa shape index (κ1) is 18.1. The maximum absolute atomic E-state index is 12.6. The summed E-state index contributed by atoms with van der Waals surface area (Å²) >= 11 is 1.54. The summed E-state index contributed by atoms with van der Waals surface area (Å²) in [6.45, 7) is 2.02. The van der Waals surface area contributed by atoms with E-state index in [4.69, 9.17) is 0 Å². The van der Waals surface area contributed by atoms with E-state index in [2.05, 4.69) is 10.4 Å². The highest BCUT2D eigenvalue weighted by Gasteiger charge is 2.32. The molecule has 142 valence electrons. The minimum Gasteiger partial charge on any atom is -0.332 e. The predicted octanol–water partition coefficient (Wildman–Crippen LogP) is 2.94. The number of hydrogen-bond donors (Lipinski definition) is 1. The number of carbonyl (C=O) groups excluding carboxylic acids is 3. The van der Waals surface area contributed by atoms with Gasteiger partial charge in [0.1, 0.15) is 0 Å². The molecule has 0 aliphatic carbocycles. The molecule has 4 rings (SSSR count). The number of benzene rings is 1. The van der Waals surface area contributed by atoms with Gasteiger partial charge in [-0.2, -0.15) is 0 Å². The maximum atomic E-state index is 12.6. The second kappa shape index (κ2) is 7.40. The quantitative estimate of drug-likeness (QED) is 0.737. The number of aromatic nitrogens is 2. The Labute approximate surface area is 165 Å². The SMILES string of the molecule is CC(=O)n1nc(NC(=O)c2ccccc2)c2c1CN(C(=O)Cc1cccs1)C2. The Hall–Kier alpha value is -3.26. The van der Waals surface area contributed by atoms with Gasteiger partial charge in [-0.1, -0.05) is 24.3 Å². The lowest BCUT2D eigenvalue weighted by Crippen LogP contribution is -2.28. The summed E-state index contributed by atoms with van der Waals surface area (Å²) < 4.78 is 1.27. The second-order valence-corrected chi connectivity index (χ2v) is 7.56. The summed E-state index contributed by atoms with van der Waals surface area (Å²) in [7, 11) is 0. The third-order valence-corrected chi connectivity index (χ3v) is 5.48. The van der Waals surface area contributed by atoms with Gasteiger partial charge in [0, 0.05) is 22.9 Å². The van der Waals surface area contributed by atoms with Gasteiger partial charge in [0.2, 0.25) is 11.8 Å². The Balaban J connectivity index is 1.57. The van der Waals surface area contributed by atoms with E-state index < -0.39 is 0 Å². The molecule has 28 heavy (non-hydrogen) atoms. The number of thiophene rings is 1. The van der Waals surface area contributed by atoms with Gasteiger partial charge in [0.25, 0.3) is 5.91 Å². The van der Waals surface area contributed by atoms with Crippen LogP contribution in [0.25, 0.3) is 0 Å². The van der Waals surface area contributed by atoms with Crippen LogP contribution in [0.3, 0.4) is 0 Å². The van der Waals surface area contributed by atoms with Crippen molar-refractivity contribution in [2.24, 2.45) is 0 Å². The fourth-order valence-electron chi connectivity index (χ4n) is 3.22. The Kier molecular flexibility index (Phi) is 4.79. The van der Waals surface area contributed by atoms with Crippen LogP contribution in [0.4, 0.5) is 5.82 Å². The van der Waals surface area contributed by atoms with Crippen molar-refractivity contribution in [1.82, 2.24) is 14.7 Å². The first-order chi connectivity index (χ1) is 13.5. The van der Waals surface area contributed by atoms with Gasteiger partial charge in [-0.15, -0.1) is 16.4 Å². The zero-order valence-electron chi connectivity index (χ0n) is 15.2. The molecule has 8 heteroatoms. The molecular formula is C20H18N4O3S. The van der Waals surface area contributed by atoms with Crippen LogP contribution < -0.4 is 5.32 Å². The van der Waals surface area contributed by atoms with Crippen LogP contribution in [-0.2, 0) is 24.3 Å². The molecule has 0 saturated carbocycles. The molecule has 0 spiro atoms. The van der Waals surface area contributed by atoms with E-state index in [-0.39, 0.29) is 17.7 Å². The smallest absolute Gasteiger partial charge is 0.256 e. The van der Waals surface area contributed by atoms with Crippen LogP contribution in [0.2, 0.25) is 0 Å². The first-order valence-electron chi connectivity index (χ1n) is 8.81. The minimum atomic E-state index is -0.306. The Morgan fingerprint density at radius 3 is 2.57 bits per heavy atom. The van der Waals surface area contributed by atoms with Gasteiger partial charge in [-0.05, 0) is 23.6 Å². The molecule has 1 aliphatic rings. The van der Waals surface area contributed by atoms with Crippen LogP contribution >= 0.6 is 11.3 Å². The molecule has 0 fully saturated rings. The molecule has 2 amide bonds. The van der Waals surface area contributed by atoms with Crippen molar-refractivity contribution in [3.05, 3.63) is 69.5 Å². The van der Waals surface area contributed by atoms with Gasteiger partial charge in [0.05, 0.1) is 25.2 Å². The molecule has 0 radical (unpaired) electrons. The van der Waals surface area contributed by atoms with Crippen molar-refractivity contribution in [3.8, 4) is 0 Å². The third-order valence-electron chi connectivity index (χ3n) is 4.60. The van der Waals surface area contributed by atoms with Crippen LogP contribution in [0.15, 0.2) is 47.8 Å². The molecule has 1 aromatic carbocycles. The first-order valence-corrected chi connectivity index (χ1v) is 9.69. The van der Waals surface area contributed by atoms with Crippen LogP contribution in [0.1, 0.15) is 38.2 Å². The fraction of sp³-hybridized carbons (Fsp3) is 0.200. The third kappa shape index (κ3) is 3.46. The average molecular weight is 394 g/mol. The molecule has 1 aliphatic heterocycles. The van der Waals surface area contributed by atoms with Gasteiger partial charge in [-0.25, -0.2) is 4.68 Å². The molecule has 1 N–H and O–H groups in total. The maximum Gasteiger partial charge on any atom is 0.256 e. The van der Waals surface area contributed by atoms with Crippen LogP contribution in [0, 0.1) is 0 Å². The second-order valence-electron chi connectivity index (χ2n) is 6.53. The number of nitrogens with one attached hydrogen (secondary N) is 1. The van der Waals surface area contributed by atoms with E-state index >= 15 is 0 Å². The zero-order valence-corrected chi connectivity index (χ0v) is 16.0. The van der Waals surface area contributed by atoms with Crippen LogP contribution in [-0.4, -0.2) is 32.4 Å². The minimum absolute atomic E-state index is 0.0194. The summed E-state index contributed by atoms with van der Waals surface area (Å²) in [4.78, 5) is 39.8. The van der Waals surface area contributed by atoms with Crippen molar-refractivity contribution < 1.29 is 14.4 Å². The number of fused-ring (bicyclic) bond motifs is 1. The highest BCUT2D eigenvalue weighted by atomic mass is 32.1. The number of anilines is 1. The lowest BCUT2D eigenvalue weighted by molar-refractivity contribution is -0.131. The summed E-state index contributed by atoms with van der Waals surface area (Å²) in [6, 6.07) is 12.6. The molecule has 0 atom stereocenters. The van der Waals surface area contributed by atoms with Crippen molar-refractivity contribution in [2.45, 2.75) is 26.4 Å². The Morgan fingerprint density at radius 1 is 1.11 bits per heavy atom. The van der Waals surface area contributed by atoms with E-state index in [9.17, 15) is 14.4 Å². The number of amides is 2. The van der Waals surface area contributed by atoms with Crippen LogP contribution in [0.5, 0.6) is 0 Å².